The van der Waals surface area contributed by atoms with Gasteiger partial charge in [0.2, 0.25) is 5.91 Å². The van der Waals surface area contributed by atoms with Crippen molar-refractivity contribution in [1.29, 1.82) is 0 Å². The van der Waals surface area contributed by atoms with Crippen molar-refractivity contribution in [3.63, 3.8) is 0 Å². The molecule has 0 heterocycles. The number of nitro benzene ring substituents is 1. The van der Waals surface area contributed by atoms with E-state index in [-0.39, 0.29) is 29.3 Å². The number of hydrogen-bond donors (Lipinski definition) is 2. The molecule has 114 valence electrons. The molecule has 0 unspecified atom stereocenters. The molecule has 0 saturated carbocycles. The molecule has 0 spiro atoms. The van der Waals surface area contributed by atoms with E-state index in [0.717, 1.165) is 6.07 Å². The van der Waals surface area contributed by atoms with Crippen LogP contribution < -0.4 is 11.1 Å². The monoisotopic (exact) mass is 295 g/mol. The lowest BCUT2D eigenvalue weighted by atomic mass is 10.1. The van der Waals surface area contributed by atoms with Crippen molar-refractivity contribution in [2.75, 3.05) is 18.5 Å². The molecule has 21 heavy (non-hydrogen) atoms. The number of nitrogens with zero attached hydrogens (tertiary/aromatic N) is 1. The van der Waals surface area contributed by atoms with Crippen molar-refractivity contribution >= 4 is 23.3 Å². The summed E-state index contributed by atoms with van der Waals surface area (Å²) in [4.78, 5) is 32.5. The molecule has 1 aromatic carbocycles. The van der Waals surface area contributed by atoms with Gasteiger partial charge in [0.1, 0.15) is 5.69 Å². The third-order valence-electron chi connectivity index (χ3n) is 2.66. The normalized spacial score (nSPS) is 9.95. The zero-order valence-corrected chi connectivity index (χ0v) is 11.6. The second kappa shape index (κ2) is 7.83. The van der Waals surface area contributed by atoms with Gasteiger partial charge in [-0.2, -0.15) is 0 Å². The minimum absolute atomic E-state index is 0.0683. The van der Waals surface area contributed by atoms with Crippen molar-refractivity contribution in [2.45, 2.75) is 19.8 Å². The van der Waals surface area contributed by atoms with Gasteiger partial charge in [0, 0.05) is 24.6 Å². The number of nitrogens with two attached hydrogens (primary N) is 1. The van der Waals surface area contributed by atoms with Crippen LogP contribution in [0.3, 0.4) is 0 Å². The van der Waals surface area contributed by atoms with Crippen LogP contribution in [0.25, 0.3) is 0 Å². The Hall–Kier alpha value is -2.64. The van der Waals surface area contributed by atoms with E-state index >= 15 is 0 Å². The van der Waals surface area contributed by atoms with Gasteiger partial charge in [0.05, 0.1) is 11.5 Å². The van der Waals surface area contributed by atoms with Crippen molar-refractivity contribution in [3.8, 4) is 0 Å². The first-order valence-corrected chi connectivity index (χ1v) is 6.43. The number of benzene rings is 1. The van der Waals surface area contributed by atoms with Crippen molar-refractivity contribution in [1.82, 2.24) is 0 Å². The number of primary amides is 1. The van der Waals surface area contributed by atoms with Gasteiger partial charge in [-0.15, -0.1) is 0 Å². The Morgan fingerprint density at radius 2 is 2.14 bits per heavy atom. The van der Waals surface area contributed by atoms with Crippen LogP contribution in [0.5, 0.6) is 0 Å². The molecule has 1 rings (SSSR count). The Bertz CT molecular complexity index is 545. The summed E-state index contributed by atoms with van der Waals surface area (Å²) in [5.74, 6) is -1.04. The van der Waals surface area contributed by atoms with E-state index in [9.17, 15) is 19.7 Å². The molecule has 1 aromatic rings. The van der Waals surface area contributed by atoms with E-state index in [2.05, 4.69) is 5.32 Å². The minimum Gasteiger partial charge on any atom is -0.466 e. The molecule has 8 heteroatoms. The van der Waals surface area contributed by atoms with E-state index in [0.29, 0.717) is 19.6 Å². The molecule has 0 radical (unpaired) electrons. The first kappa shape index (κ1) is 16.4. The highest BCUT2D eigenvalue weighted by molar-refractivity contribution is 5.94. The maximum Gasteiger partial charge on any atom is 0.305 e. The molecule has 1 amide bonds. The molecular formula is C13H17N3O5. The van der Waals surface area contributed by atoms with Gasteiger partial charge in [-0.3, -0.25) is 19.7 Å². The molecule has 0 aliphatic heterocycles. The lowest BCUT2D eigenvalue weighted by molar-refractivity contribution is -0.384. The summed E-state index contributed by atoms with van der Waals surface area (Å²) in [6, 6.07) is 3.95. The van der Waals surface area contributed by atoms with Crippen LogP contribution in [0.1, 0.15) is 30.1 Å². The van der Waals surface area contributed by atoms with Gasteiger partial charge in [0.25, 0.3) is 5.69 Å². The Kier molecular flexibility index (Phi) is 6.12. The third kappa shape index (κ3) is 5.09. The quantitative estimate of drug-likeness (QED) is 0.323. The van der Waals surface area contributed by atoms with E-state index in [1.165, 1.54) is 12.1 Å². The van der Waals surface area contributed by atoms with Crippen LogP contribution in [-0.2, 0) is 9.53 Å². The Morgan fingerprint density at radius 1 is 1.43 bits per heavy atom. The molecule has 0 aliphatic rings. The summed E-state index contributed by atoms with van der Waals surface area (Å²) >= 11 is 0. The van der Waals surface area contributed by atoms with Crippen LogP contribution in [0.2, 0.25) is 0 Å². The first-order valence-electron chi connectivity index (χ1n) is 6.43. The fourth-order valence-electron chi connectivity index (χ4n) is 1.67. The zero-order chi connectivity index (χ0) is 15.8. The van der Waals surface area contributed by atoms with Crippen molar-refractivity contribution < 1.29 is 19.2 Å². The molecule has 0 fully saturated rings. The largest absolute Gasteiger partial charge is 0.466 e. The highest BCUT2D eigenvalue weighted by Gasteiger charge is 2.16. The molecule has 0 aliphatic carbocycles. The van der Waals surface area contributed by atoms with Gasteiger partial charge in [-0.05, 0) is 25.5 Å². The molecule has 8 nitrogen and oxygen atoms in total. The Morgan fingerprint density at radius 3 is 2.71 bits per heavy atom. The number of nitrogens with one attached hydrogen (secondary N) is 1. The predicted octanol–water partition coefficient (Wildman–Crippen LogP) is 1.45. The lowest BCUT2D eigenvalue weighted by Gasteiger charge is -2.07. The Labute approximate surface area is 121 Å². The van der Waals surface area contributed by atoms with E-state index in [4.69, 9.17) is 10.5 Å². The van der Waals surface area contributed by atoms with Crippen LogP contribution in [0, 0.1) is 10.1 Å². The van der Waals surface area contributed by atoms with Gasteiger partial charge >= 0.3 is 5.97 Å². The minimum atomic E-state index is -0.730. The van der Waals surface area contributed by atoms with Crippen molar-refractivity contribution in [2.24, 2.45) is 5.73 Å². The fraction of sp³-hybridized carbons (Fsp3) is 0.385. The van der Waals surface area contributed by atoms with Crippen molar-refractivity contribution in [3.05, 3.63) is 33.9 Å². The van der Waals surface area contributed by atoms with E-state index in [1.54, 1.807) is 6.92 Å². The zero-order valence-electron chi connectivity index (χ0n) is 11.6. The highest BCUT2D eigenvalue weighted by Crippen LogP contribution is 2.25. The standard InChI is InChI=1S/C13H17N3O5/c1-2-21-12(17)4-3-7-15-10-6-5-9(13(14)18)8-11(10)16(19)20/h5-6,8,15H,2-4,7H2,1H3,(H2,14,18). The topological polar surface area (TPSA) is 125 Å². The summed E-state index contributed by atoms with van der Waals surface area (Å²) in [6.07, 6.45) is 0.710. The molecular weight excluding hydrogens is 278 g/mol. The van der Waals surface area contributed by atoms with Gasteiger partial charge < -0.3 is 15.8 Å². The lowest BCUT2D eigenvalue weighted by Crippen LogP contribution is -2.12. The number of hydrogen-bond acceptors (Lipinski definition) is 6. The van der Waals surface area contributed by atoms with Crippen LogP contribution >= 0.6 is 0 Å². The number of carbonyl (C=O) groups excluding carboxylic acids is 2. The first-order chi connectivity index (χ1) is 9.95. The maximum absolute atomic E-state index is 11.1. The SMILES string of the molecule is CCOC(=O)CCCNc1ccc(C(N)=O)cc1[N+](=O)[O-]. The number of carbonyl (C=O) groups is 2. The molecule has 3 N–H and O–H groups in total. The van der Waals surface area contributed by atoms with E-state index in [1.807, 2.05) is 0 Å². The average Bonchev–Trinajstić information content (AvgIpc) is 2.43. The fourth-order valence-corrected chi connectivity index (χ4v) is 1.67. The molecule has 0 aromatic heterocycles. The number of esters is 1. The predicted molar refractivity (Wildman–Crippen MR) is 76.0 cm³/mol. The van der Waals surface area contributed by atoms with E-state index < -0.39 is 10.8 Å². The summed E-state index contributed by atoms with van der Waals surface area (Å²) in [5, 5.41) is 13.8. The second-order valence-corrected chi connectivity index (χ2v) is 4.19. The summed E-state index contributed by atoms with van der Waals surface area (Å²) in [6.45, 7) is 2.42. The number of amides is 1. The summed E-state index contributed by atoms with van der Waals surface area (Å²) in [7, 11) is 0. The van der Waals surface area contributed by atoms with Gasteiger partial charge in [-0.25, -0.2) is 0 Å². The third-order valence-corrected chi connectivity index (χ3v) is 2.66. The van der Waals surface area contributed by atoms with Crippen LogP contribution in [0.4, 0.5) is 11.4 Å². The number of ether oxygens (including phenoxy) is 1. The smallest absolute Gasteiger partial charge is 0.305 e. The molecule has 0 atom stereocenters. The Balaban J connectivity index is 2.64. The summed E-state index contributed by atoms with van der Waals surface area (Å²) in [5.41, 5.74) is 5.19. The van der Waals surface area contributed by atoms with Gasteiger partial charge in [0.15, 0.2) is 0 Å². The second-order valence-electron chi connectivity index (χ2n) is 4.19. The number of rotatable bonds is 8. The number of nitro groups is 1. The van der Waals surface area contributed by atoms with Gasteiger partial charge in [-0.1, -0.05) is 0 Å². The average molecular weight is 295 g/mol. The van der Waals surface area contributed by atoms with Crippen LogP contribution in [0.15, 0.2) is 18.2 Å². The van der Waals surface area contributed by atoms with Crippen LogP contribution in [-0.4, -0.2) is 30.0 Å². The highest BCUT2D eigenvalue weighted by atomic mass is 16.6. The summed E-state index contributed by atoms with van der Waals surface area (Å²) < 4.78 is 4.77. The number of anilines is 1. The molecule has 0 bridgehead atoms. The maximum atomic E-state index is 11.1. The molecule has 0 saturated heterocycles.